The molecule has 1 spiro atoms. The molecule has 1 saturated carbocycles. The highest BCUT2D eigenvalue weighted by atomic mass is 19.1. The number of halogens is 1. The highest BCUT2D eigenvalue weighted by molar-refractivity contribution is 6.00. The Morgan fingerprint density at radius 1 is 1.24 bits per heavy atom. The summed E-state index contributed by atoms with van der Waals surface area (Å²) in [5, 5.41) is 5.49. The molecule has 1 aromatic carbocycles. The molecule has 1 aromatic rings. The number of benzene rings is 1. The van der Waals surface area contributed by atoms with E-state index in [0.29, 0.717) is 0 Å². The second kappa shape index (κ2) is 6.38. The van der Waals surface area contributed by atoms with Crippen molar-refractivity contribution in [2.75, 3.05) is 7.05 Å². The van der Waals surface area contributed by atoms with Crippen molar-refractivity contribution in [3.63, 3.8) is 0 Å². The molecular weight excluding hydrogens is 377 g/mol. The lowest BCUT2D eigenvalue weighted by Gasteiger charge is -2.32. The van der Waals surface area contributed by atoms with Crippen LogP contribution in [0.5, 0.6) is 0 Å². The van der Waals surface area contributed by atoms with Crippen LogP contribution in [0, 0.1) is 17.7 Å². The van der Waals surface area contributed by atoms with Gasteiger partial charge in [0.1, 0.15) is 17.5 Å². The van der Waals surface area contributed by atoms with Crippen LogP contribution in [0.15, 0.2) is 36.4 Å². The second-order valence-corrected chi connectivity index (χ2v) is 8.14. The summed E-state index contributed by atoms with van der Waals surface area (Å²) in [5.74, 6) is -2.42. The van der Waals surface area contributed by atoms with E-state index >= 15 is 0 Å². The molecule has 4 aliphatic rings. The van der Waals surface area contributed by atoms with Crippen molar-refractivity contribution in [1.29, 1.82) is 0 Å². The first-order chi connectivity index (χ1) is 14.0. The van der Waals surface area contributed by atoms with Gasteiger partial charge in [0, 0.05) is 19.6 Å². The molecule has 0 aromatic heterocycles. The van der Waals surface area contributed by atoms with Gasteiger partial charge in [-0.3, -0.25) is 14.4 Å². The van der Waals surface area contributed by atoms with Crippen LogP contribution in [-0.4, -0.2) is 53.5 Å². The average molecular weight is 399 g/mol. The molecule has 0 radical (unpaired) electrons. The van der Waals surface area contributed by atoms with Crippen molar-refractivity contribution in [3.8, 4) is 0 Å². The van der Waals surface area contributed by atoms with Gasteiger partial charge in [0.05, 0.1) is 17.9 Å². The first-order valence-electron chi connectivity index (χ1n) is 9.89. The van der Waals surface area contributed by atoms with E-state index in [-0.39, 0.29) is 36.1 Å². The predicted octanol–water partition coefficient (Wildman–Crippen LogP) is 0.501. The van der Waals surface area contributed by atoms with E-state index < -0.39 is 29.6 Å². The number of carbonyl (C=O) groups excluding carboxylic acids is 3. The predicted molar refractivity (Wildman–Crippen MR) is 99.7 cm³/mol. The Balaban J connectivity index is 1.44. The monoisotopic (exact) mass is 399 g/mol. The molecule has 1 aliphatic carbocycles. The lowest BCUT2D eigenvalue weighted by molar-refractivity contribution is -0.142. The number of likely N-dealkylation sites (tertiary alicyclic amines) is 1. The number of hydrogen-bond donors (Lipinski definition) is 2. The summed E-state index contributed by atoms with van der Waals surface area (Å²) in [4.78, 5) is 40.7. The molecule has 3 amide bonds. The van der Waals surface area contributed by atoms with E-state index in [1.807, 2.05) is 0 Å². The van der Waals surface area contributed by atoms with Gasteiger partial charge in [-0.25, -0.2) is 4.39 Å². The Morgan fingerprint density at radius 2 is 1.97 bits per heavy atom. The molecule has 5 atom stereocenters. The number of rotatable bonds is 5. The third kappa shape index (κ3) is 2.62. The van der Waals surface area contributed by atoms with Crippen molar-refractivity contribution in [2.24, 2.45) is 11.8 Å². The van der Waals surface area contributed by atoms with Gasteiger partial charge >= 0.3 is 0 Å². The molecule has 7 nitrogen and oxygen atoms in total. The maximum atomic E-state index is 13.3. The van der Waals surface area contributed by atoms with Gasteiger partial charge in [-0.1, -0.05) is 24.3 Å². The fourth-order valence-electron chi connectivity index (χ4n) is 5.01. The van der Waals surface area contributed by atoms with Crippen molar-refractivity contribution in [1.82, 2.24) is 15.5 Å². The summed E-state index contributed by atoms with van der Waals surface area (Å²) in [6.07, 6.45) is 4.77. The third-order valence-corrected chi connectivity index (χ3v) is 6.43. The molecule has 2 saturated heterocycles. The third-order valence-electron chi connectivity index (χ3n) is 6.43. The first-order valence-corrected chi connectivity index (χ1v) is 9.89. The summed E-state index contributed by atoms with van der Waals surface area (Å²) in [6.45, 7) is 0.217. The number of hydrogen-bond acceptors (Lipinski definition) is 4. The molecule has 3 heterocycles. The summed E-state index contributed by atoms with van der Waals surface area (Å²) in [6, 6.07) is 5.08. The molecule has 2 bridgehead atoms. The maximum absolute atomic E-state index is 13.3. The van der Waals surface area contributed by atoms with Gasteiger partial charge in [-0.15, -0.1) is 0 Å². The number of fused-ring (bicyclic) bond motifs is 1. The topological polar surface area (TPSA) is 87.7 Å². The van der Waals surface area contributed by atoms with Crippen molar-refractivity contribution >= 4 is 17.7 Å². The van der Waals surface area contributed by atoms with Gasteiger partial charge in [-0.2, -0.15) is 0 Å². The standard InChI is InChI=1S/C21H22FN3O4/c1-23-18(26)15-14-8-9-21(29-14)16(15)20(28)25(13-6-7-13)17(21)19(27)24-10-11-2-4-12(22)5-3-11/h2-5,8-9,13-17H,6-7,10H2,1H3,(H,23,26)(H,24,27)/t14-,15+,16-,17+,21-/m0/s1. The average Bonchev–Trinajstić information content (AvgIpc) is 3.32. The van der Waals surface area contributed by atoms with Crippen molar-refractivity contribution < 1.29 is 23.5 Å². The number of nitrogens with zero attached hydrogens (tertiary/aromatic N) is 1. The lowest BCUT2D eigenvalue weighted by atomic mass is 9.74. The van der Waals surface area contributed by atoms with Crippen LogP contribution < -0.4 is 10.6 Å². The van der Waals surface area contributed by atoms with Gasteiger partial charge in [-0.05, 0) is 30.5 Å². The SMILES string of the molecule is CNC(=O)[C@@H]1[C@@H]2C=C[C@]3(O2)[C@@H]1C(=O)N(C1CC1)[C@@H]3C(=O)NCc1ccc(F)cc1. The van der Waals surface area contributed by atoms with Crippen molar-refractivity contribution in [3.05, 3.63) is 47.8 Å². The molecule has 29 heavy (non-hydrogen) atoms. The van der Waals surface area contributed by atoms with Crippen LogP contribution in [0.4, 0.5) is 4.39 Å². The zero-order valence-corrected chi connectivity index (χ0v) is 15.9. The Morgan fingerprint density at radius 3 is 2.62 bits per heavy atom. The van der Waals surface area contributed by atoms with Gasteiger partial charge < -0.3 is 20.3 Å². The van der Waals surface area contributed by atoms with Crippen LogP contribution in [0.25, 0.3) is 0 Å². The number of ether oxygens (including phenoxy) is 1. The first kappa shape index (κ1) is 18.3. The zero-order valence-electron chi connectivity index (χ0n) is 15.9. The summed E-state index contributed by atoms with van der Waals surface area (Å²) >= 11 is 0. The van der Waals surface area contributed by atoms with E-state index in [2.05, 4.69) is 10.6 Å². The Labute approximate surface area is 167 Å². The van der Waals surface area contributed by atoms with Crippen LogP contribution >= 0.6 is 0 Å². The fourth-order valence-corrected chi connectivity index (χ4v) is 5.01. The minimum absolute atomic E-state index is 0.00503. The molecule has 8 heteroatoms. The number of carbonyl (C=O) groups is 3. The molecule has 3 aliphatic heterocycles. The summed E-state index contributed by atoms with van der Waals surface area (Å²) in [7, 11) is 1.54. The van der Waals surface area contributed by atoms with Crippen LogP contribution in [0.3, 0.4) is 0 Å². The van der Waals surface area contributed by atoms with Gasteiger partial charge in [0.15, 0.2) is 0 Å². The van der Waals surface area contributed by atoms with E-state index in [0.717, 1.165) is 18.4 Å². The van der Waals surface area contributed by atoms with Crippen LogP contribution in [0.2, 0.25) is 0 Å². The molecule has 0 unspecified atom stereocenters. The number of amides is 3. The van der Waals surface area contributed by atoms with Crippen molar-refractivity contribution in [2.45, 2.75) is 43.2 Å². The minimum atomic E-state index is -1.12. The Hall–Kier alpha value is -2.74. The second-order valence-electron chi connectivity index (χ2n) is 8.14. The van der Waals surface area contributed by atoms with Gasteiger partial charge in [0.2, 0.25) is 17.7 Å². The van der Waals surface area contributed by atoms with E-state index in [9.17, 15) is 18.8 Å². The number of nitrogens with one attached hydrogen (secondary N) is 2. The molecular formula is C21H22FN3O4. The molecule has 3 fully saturated rings. The highest BCUT2D eigenvalue weighted by Gasteiger charge is 2.73. The highest BCUT2D eigenvalue weighted by Crippen LogP contribution is 2.56. The summed E-state index contributed by atoms with van der Waals surface area (Å²) < 4.78 is 19.3. The zero-order chi connectivity index (χ0) is 20.3. The van der Waals surface area contributed by atoms with E-state index in [1.165, 1.54) is 19.2 Å². The molecule has 152 valence electrons. The molecule has 2 N–H and O–H groups in total. The maximum Gasteiger partial charge on any atom is 0.246 e. The van der Waals surface area contributed by atoms with Crippen LogP contribution in [0.1, 0.15) is 18.4 Å². The largest absolute Gasteiger partial charge is 0.359 e. The summed E-state index contributed by atoms with van der Waals surface area (Å²) in [5.41, 5.74) is -0.361. The fraction of sp³-hybridized carbons (Fsp3) is 0.476. The lowest BCUT2D eigenvalue weighted by Crippen LogP contribution is -2.55. The smallest absolute Gasteiger partial charge is 0.246 e. The van der Waals surface area contributed by atoms with Crippen LogP contribution in [-0.2, 0) is 25.7 Å². The Bertz CT molecular complexity index is 913. The minimum Gasteiger partial charge on any atom is -0.359 e. The normalized spacial score (nSPS) is 34.4. The quantitative estimate of drug-likeness (QED) is 0.706. The van der Waals surface area contributed by atoms with E-state index in [4.69, 9.17) is 4.74 Å². The van der Waals surface area contributed by atoms with E-state index in [1.54, 1.807) is 29.2 Å². The molecule has 5 rings (SSSR count). The Kier molecular flexibility index (Phi) is 4.03. The van der Waals surface area contributed by atoms with Gasteiger partial charge in [0.25, 0.3) is 0 Å².